The van der Waals surface area contributed by atoms with Gasteiger partial charge in [-0.25, -0.2) is 4.98 Å². The number of nitrogens with one attached hydrogen (secondary N) is 1. The lowest BCUT2D eigenvalue weighted by Crippen LogP contribution is -2.34. The SMILES string of the molecule is Cc1cccc(C)c1NC(=O)CN(C)C(=O)c1cnc(-c2ccccc2)s1. The van der Waals surface area contributed by atoms with Crippen molar-refractivity contribution in [1.29, 1.82) is 0 Å². The van der Waals surface area contributed by atoms with Gasteiger partial charge in [-0.2, -0.15) is 0 Å². The van der Waals surface area contributed by atoms with Crippen LogP contribution >= 0.6 is 11.3 Å². The number of benzene rings is 2. The van der Waals surface area contributed by atoms with Gasteiger partial charge in [0, 0.05) is 18.3 Å². The summed E-state index contributed by atoms with van der Waals surface area (Å²) in [5.41, 5.74) is 3.75. The highest BCUT2D eigenvalue weighted by Crippen LogP contribution is 2.25. The van der Waals surface area contributed by atoms with Gasteiger partial charge in [-0.3, -0.25) is 9.59 Å². The Morgan fingerprint density at radius 2 is 1.70 bits per heavy atom. The second-order valence-corrected chi connectivity index (χ2v) is 7.40. The summed E-state index contributed by atoms with van der Waals surface area (Å²) >= 11 is 1.32. The molecule has 0 aliphatic carbocycles. The van der Waals surface area contributed by atoms with Crippen LogP contribution in [0.1, 0.15) is 20.8 Å². The topological polar surface area (TPSA) is 62.3 Å². The highest BCUT2D eigenvalue weighted by molar-refractivity contribution is 7.16. The van der Waals surface area contributed by atoms with Crippen molar-refractivity contribution in [2.75, 3.05) is 18.9 Å². The van der Waals surface area contributed by atoms with Crippen LogP contribution in [0.4, 0.5) is 5.69 Å². The number of thiazole rings is 1. The largest absolute Gasteiger partial charge is 0.332 e. The third kappa shape index (κ3) is 4.41. The lowest BCUT2D eigenvalue weighted by molar-refractivity contribution is -0.116. The van der Waals surface area contributed by atoms with E-state index in [9.17, 15) is 9.59 Å². The number of nitrogens with zero attached hydrogens (tertiary/aromatic N) is 2. The molecule has 3 aromatic rings. The molecule has 0 spiro atoms. The smallest absolute Gasteiger partial charge is 0.265 e. The van der Waals surface area contributed by atoms with Crippen LogP contribution in [0.3, 0.4) is 0 Å². The molecule has 0 atom stereocenters. The van der Waals surface area contributed by atoms with E-state index >= 15 is 0 Å². The molecule has 3 rings (SSSR count). The Morgan fingerprint density at radius 3 is 2.37 bits per heavy atom. The van der Waals surface area contributed by atoms with Crippen LogP contribution < -0.4 is 5.32 Å². The van der Waals surface area contributed by atoms with Crippen molar-refractivity contribution in [2.24, 2.45) is 0 Å². The molecule has 0 radical (unpaired) electrons. The number of hydrogen-bond donors (Lipinski definition) is 1. The molecule has 1 heterocycles. The lowest BCUT2D eigenvalue weighted by atomic mass is 10.1. The average molecular weight is 379 g/mol. The molecule has 0 saturated carbocycles. The zero-order chi connectivity index (χ0) is 19.4. The zero-order valence-corrected chi connectivity index (χ0v) is 16.3. The van der Waals surface area contributed by atoms with Crippen LogP contribution in [0.25, 0.3) is 10.6 Å². The van der Waals surface area contributed by atoms with Crippen molar-refractivity contribution in [1.82, 2.24) is 9.88 Å². The Bertz CT molecular complexity index is 946. The molecule has 1 N–H and O–H groups in total. The lowest BCUT2D eigenvalue weighted by Gasteiger charge is -2.17. The molecule has 0 unspecified atom stereocenters. The maximum absolute atomic E-state index is 12.6. The number of carbonyl (C=O) groups excluding carboxylic acids is 2. The van der Waals surface area contributed by atoms with Gasteiger partial charge >= 0.3 is 0 Å². The standard InChI is InChI=1S/C21H21N3O2S/c1-14-8-7-9-15(2)19(14)23-18(25)13-24(3)21(26)17-12-22-20(27-17)16-10-5-4-6-11-16/h4-12H,13H2,1-3H3,(H,23,25). The van der Waals surface area contributed by atoms with E-state index in [2.05, 4.69) is 10.3 Å². The highest BCUT2D eigenvalue weighted by Gasteiger charge is 2.19. The van der Waals surface area contributed by atoms with Crippen LogP contribution in [0.5, 0.6) is 0 Å². The van der Waals surface area contributed by atoms with Gasteiger partial charge in [0.15, 0.2) is 0 Å². The van der Waals surface area contributed by atoms with Crippen molar-refractivity contribution < 1.29 is 9.59 Å². The van der Waals surface area contributed by atoms with Gasteiger partial charge in [0.2, 0.25) is 5.91 Å². The van der Waals surface area contributed by atoms with E-state index in [1.807, 2.05) is 62.4 Å². The van der Waals surface area contributed by atoms with Crippen LogP contribution in [0.15, 0.2) is 54.7 Å². The molecule has 6 heteroatoms. The second-order valence-electron chi connectivity index (χ2n) is 6.37. The minimum absolute atomic E-state index is 0.0226. The minimum Gasteiger partial charge on any atom is -0.332 e. The predicted octanol–water partition coefficient (Wildman–Crippen LogP) is 4.14. The molecular weight excluding hydrogens is 358 g/mol. The fourth-order valence-corrected chi connectivity index (χ4v) is 3.67. The van der Waals surface area contributed by atoms with E-state index < -0.39 is 0 Å². The van der Waals surface area contributed by atoms with Gasteiger partial charge in [-0.15, -0.1) is 11.3 Å². The quantitative estimate of drug-likeness (QED) is 0.725. The molecule has 2 amide bonds. The van der Waals surface area contributed by atoms with E-state index in [4.69, 9.17) is 0 Å². The number of rotatable bonds is 5. The average Bonchev–Trinajstić information content (AvgIpc) is 3.15. The number of para-hydroxylation sites is 1. The number of aryl methyl sites for hydroxylation is 2. The molecule has 0 aliphatic heterocycles. The van der Waals surface area contributed by atoms with Gasteiger partial charge < -0.3 is 10.2 Å². The van der Waals surface area contributed by atoms with Crippen LogP contribution in [-0.4, -0.2) is 35.3 Å². The molecule has 138 valence electrons. The first kappa shape index (κ1) is 18.8. The maximum Gasteiger partial charge on any atom is 0.265 e. The Labute approximate surface area is 162 Å². The third-order valence-corrected chi connectivity index (χ3v) is 5.24. The molecule has 27 heavy (non-hydrogen) atoms. The van der Waals surface area contributed by atoms with Gasteiger partial charge in [-0.1, -0.05) is 48.5 Å². The number of likely N-dealkylation sites (N-methyl/N-ethyl adjacent to an activating group) is 1. The summed E-state index contributed by atoms with van der Waals surface area (Å²) in [6.07, 6.45) is 1.56. The Hall–Kier alpha value is -2.99. The molecule has 0 bridgehead atoms. The van der Waals surface area contributed by atoms with E-state index in [-0.39, 0.29) is 18.4 Å². The summed E-state index contributed by atoms with van der Waals surface area (Å²) in [6.45, 7) is 3.87. The van der Waals surface area contributed by atoms with Gasteiger partial charge in [0.1, 0.15) is 9.88 Å². The molecule has 0 aliphatic rings. The fraction of sp³-hybridized carbons (Fsp3) is 0.190. The highest BCUT2D eigenvalue weighted by atomic mass is 32.1. The predicted molar refractivity (Wildman–Crippen MR) is 109 cm³/mol. The van der Waals surface area contributed by atoms with Crippen molar-refractivity contribution in [3.63, 3.8) is 0 Å². The number of anilines is 1. The maximum atomic E-state index is 12.6. The number of carbonyl (C=O) groups is 2. The Balaban J connectivity index is 1.66. The van der Waals surface area contributed by atoms with Crippen LogP contribution in [0.2, 0.25) is 0 Å². The van der Waals surface area contributed by atoms with Crippen molar-refractivity contribution in [2.45, 2.75) is 13.8 Å². The first-order valence-corrected chi connectivity index (χ1v) is 9.40. The van der Waals surface area contributed by atoms with Crippen LogP contribution in [-0.2, 0) is 4.79 Å². The molecule has 2 aromatic carbocycles. The summed E-state index contributed by atoms with van der Waals surface area (Å²) < 4.78 is 0. The van der Waals surface area contributed by atoms with Crippen molar-refractivity contribution in [3.8, 4) is 10.6 Å². The van der Waals surface area contributed by atoms with E-state index in [0.29, 0.717) is 4.88 Å². The summed E-state index contributed by atoms with van der Waals surface area (Å²) in [4.78, 5) is 31.2. The normalized spacial score (nSPS) is 10.5. The monoisotopic (exact) mass is 379 g/mol. The molecule has 5 nitrogen and oxygen atoms in total. The molecule has 0 fully saturated rings. The molecule has 0 saturated heterocycles. The van der Waals surface area contributed by atoms with Crippen molar-refractivity contribution in [3.05, 3.63) is 70.7 Å². The molecular formula is C21H21N3O2S. The van der Waals surface area contributed by atoms with Crippen molar-refractivity contribution >= 4 is 28.8 Å². The zero-order valence-electron chi connectivity index (χ0n) is 15.5. The Morgan fingerprint density at radius 1 is 1.04 bits per heavy atom. The summed E-state index contributed by atoms with van der Waals surface area (Å²) in [7, 11) is 1.62. The molecule has 1 aromatic heterocycles. The van der Waals surface area contributed by atoms with E-state index in [1.165, 1.54) is 16.2 Å². The van der Waals surface area contributed by atoms with E-state index in [1.54, 1.807) is 13.2 Å². The van der Waals surface area contributed by atoms with Gasteiger partial charge in [0.25, 0.3) is 5.91 Å². The fourth-order valence-electron chi connectivity index (χ4n) is 2.75. The first-order valence-electron chi connectivity index (χ1n) is 8.58. The van der Waals surface area contributed by atoms with Gasteiger partial charge in [0.05, 0.1) is 12.7 Å². The Kier molecular flexibility index (Phi) is 5.66. The summed E-state index contributed by atoms with van der Waals surface area (Å²) in [5.74, 6) is -0.442. The second kappa shape index (κ2) is 8.14. The third-order valence-electron chi connectivity index (χ3n) is 4.21. The van der Waals surface area contributed by atoms with Crippen LogP contribution in [0, 0.1) is 13.8 Å². The summed E-state index contributed by atoms with van der Waals surface area (Å²) in [5, 5.41) is 3.69. The summed E-state index contributed by atoms with van der Waals surface area (Å²) in [6, 6.07) is 15.5. The number of hydrogen-bond acceptors (Lipinski definition) is 4. The van der Waals surface area contributed by atoms with E-state index in [0.717, 1.165) is 27.4 Å². The first-order chi connectivity index (χ1) is 13.0. The number of amides is 2. The number of aromatic nitrogens is 1. The minimum atomic E-state index is -0.226. The van der Waals surface area contributed by atoms with Gasteiger partial charge in [-0.05, 0) is 25.0 Å².